The van der Waals surface area contributed by atoms with Crippen molar-refractivity contribution in [2.24, 2.45) is 0 Å². The number of nitrogens with zero attached hydrogens (tertiary/aromatic N) is 2. The molecule has 0 amide bonds. The number of esters is 1. The fourth-order valence-corrected chi connectivity index (χ4v) is 5.27. The number of piperidine rings is 2. The molecular formula is C22H42N2O5. The van der Waals surface area contributed by atoms with Crippen LogP contribution in [0.4, 0.5) is 0 Å². The summed E-state index contributed by atoms with van der Waals surface area (Å²) in [4.78, 5) is 12.3. The summed E-state index contributed by atoms with van der Waals surface area (Å²) in [7, 11) is 0. The highest BCUT2D eigenvalue weighted by atomic mass is 16.5. The van der Waals surface area contributed by atoms with E-state index in [4.69, 9.17) is 9.47 Å². The van der Waals surface area contributed by atoms with Crippen molar-refractivity contribution >= 4 is 5.97 Å². The normalized spacial score (nSPS) is 27.7. The van der Waals surface area contributed by atoms with Gasteiger partial charge in [-0.15, -0.1) is 0 Å². The summed E-state index contributed by atoms with van der Waals surface area (Å²) in [6.45, 7) is 16.4. The van der Waals surface area contributed by atoms with Gasteiger partial charge in [0.25, 0.3) is 0 Å². The first-order valence-corrected chi connectivity index (χ1v) is 10.9. The van der Waals surface area contributed by atoms with Gasteiger partial charge < -0.3 is 19.9 Å². The molecule has 29 heavy (non-hydrogen) atoms. The molecule has 0 aliphatic carbocycles. The van der Waals surface area contributed by atoms with Crippen molar-refractivity contribution in [2.75, 3.05) is 6.61 Å². The van der Waals surface area contributed by atoms with Crippen LogP contribution in [0.25, 0.3) is 0 Å². The minimum atomic E-state index is -0.434. The third kappa shape index (κ3) is 5.91. The quantitative estimate of drug-likeness (QED) is 0.499. The molecule has 7 heteroatoms. The summed E-state index contributed by atoms with van der Waals surface area (Å²) in [6, 6.07) is 0. The van der Waals surface area contributed by atoms with Crippen LogP contribution in [0.2, 0.25) is 0 Å². The van der Waals surface area contributed by atoms with E-state index in [0.717, 1.165) is 12.8 Å². The van der Waals surface area contributed by atoms with Crippen LogP contribution in [0.15, 0.2) is 0 Å². The average molecular weight is 415 g/mol. The largest absolute Gasteiger partial charge is 0.462 e. The van der Waals surface area contributed by atoms with Gasteiger partial charge in [-0.3, -0.25) is 4.79 Å². The van der Waals surface area contributed by atoms with Crippen LogP contribution in [0, 0.1) is 0 Å². The lowest BCUT2D eigenvalue weighted by molar-refractivity contribution is -0.261. The minimum absolute atomic E-state index is 0.0647. The molecule has 2 N–H and O–H groups in total. The van der Waals surface area contributed by atoms with Crippen LogP contribution in [0.3, 0.4) is 0 Å². The van der Waals surface area contributed by atoms with Gasteiger partial charge in [0.15, 0.2) is 0 Å². The minimum Gasteiger partial charge on any atom is -0.462 e. The van der Waals surface area contributed by atoms with Crippen LogP contribution in [0.1, 0.15) is 93.9 Å². The van der Waals surface area contributed by atoms with Crippen molar-refractivity contribution in [3.8, 4) is 0 Å². The molecule has 0 unspecified atom stereocenters. The lowest BCUT2D eigenvalue weighted by atomic mass is 9.80. The van der Waals surface area contributed by atoms with E-state index in [1.54, 1.807) is 0 Å². The molecule has 2 fully saturated rings. The smallest absolute Gasteiger partial charge is 0.306 e. The molecule has 0 atom stereocenters. The number of ether oxygens (including phenoxy) is 2. The molecule has 0 aromatic carbocycles. The summed E-state index contributed by atoms with van der Waals surface area (Å²) in [5.41, 5.74) is -1.55. The van der Waals surface area contributed by atoms with Gasteiger partial charge in [0.2, 0.25) is 0 Å². The number of hydroxylamine groups is 4. The highest BCUT2D eigenvalue weighted by molar-refractivity contribution is 5.69. The van der Waals surface area contributed by atoms with Gasteiger partial charge in [0, 0.05) is 48.0 Å². The van der Waals surface area contributed by atoms with E-state index in [1.165, 1.54) is 10.1 Å². The zero-order valence-electron chi connectivity index (χ0n) is 19.6. The molecule has 0 saturated carbocycles. The van der Waals surface area contributed by atoms with Gasteiger partial charge in [-0.1, -0.05) is 0 Å². The van der Waals surface area contributed by atoms with Crippen molar-refractivity contribution in [3.63, 3.8) is 0 Å². The number of rotatable bonds is 6. The SMILES string of the molecule is CC1(C)CC(OCCCC(=O)OC2CC(C)(C)N(O)C(C)(C)C2)CC(C)(C)N1O. The second kappa shape index (κ2) is 8.42. The summed E-state index contributed by atoms with van der Waals surface area (Å²) < 4.78 is 11.7. The Morgan fingerprint density at radius 1 is 0.793 bits per heavy atom. The molecule has 0 aromatic rings. The van der Waals surface area contributed by atoms with Crippen LogP contribution in [-0.2, 0) is 14.3 Å². The molecule has 170 valence electrons. The average Bonchev–Trinajstić information content (AvgIpc) is 2.53. The Bertz CT molecular complexity index is 552. The van der Waals surface area contributed by atoms with Gasteiger partial charge in [0.1, 0.15) is 6.10 Å². The fourth-order valence-electron chi connectivity index (χ4n) is 5.27. The first-order chi connectivity index (χ1) is 13.1. The Balaban J connectivity index is 1.75. The molecule has 2 saturated heterocycles. The Kier molecular flexibility index (Phi) is 7.13. The number of hydrogen-bond acceptors (Lipinski definition) is 7. The highest BCUT2D eigenvalue weighted by Crippen LogP contribution is 2.39. The predicted octanol–water partition coefficient (Wildman–Crippen LogP) is 4.15. The van der Waals surface area contributed by atoms with Gasteiger partial charge >= 0.3 is 5.97 Å². The molecule has 7 nitrogen and oxygen atoms in total. The first-order valence-electron chi connectivity index (χ1n) is 10.9. The molecule has 0 radical (unpaired) electrons. The Morgan fingerprint density at radius 3 is 1.59 bits per heavy atom. The van der Waals surface area contributed by atoms with Gasteiger partial charge in [0.05, 0.1) is 6.10 Å². The predicted molar refractivity (Wildman–Crippen MR) is 111 cm³/mol. The molecule has 0 bridgehead atoms. The third-order valence-corrected chi connectivity index (χ3v) is 6.38. The molecule has 0 aromatic heterocycles. The zero-order valence-corrected chi connectivity index (χ0v) is 19.6. The first kappa shape index (κ1) is 24.5. The summed E-state index contributed by atoms with van der Waals surface area (Å²) in [5.74, 6) is -0.206. The molecule has 0 spiro atoms. The van der Waals surface area contributed by atoms with Crippen LogP contribution < -0.4 is 0 Å². The van der Waals surface area contributed by atoms with Gasteiger partial charge in [-0.25, -0.2) is 0 Å². The molecule has 2 rings (SSSR count). The molecular weight excluding hydrogens is 372 g/mol. The van der Waals surface area contributed by atoms with E-state index in [-0.39, 0.29) is 29.3 Å². The second-order valence-electron chi connectivity index (χ2n) is 11.4. The molecule has 2 heterocycles. The number of carbonyl (C=O) groups excluding carboxylic acids is 1. The Morgan fingerprint density at radius 2 is 1.17 bits per heavy atom. The third-order valence-electron chi connectivity index (χ3n) is 6.38. The summed E-state index contributed by atoms with van der Waals surface area (Å²) >= 11 is 0. The standard InChI is InChI=1S/C22H42N2O5/c1-19(2)12-16(13-20(3,4)23(19)26)28-11-9-10-18(25)29-17-14-21(5,6)24(27)22(7,8)15-17/h16-17,26-27H,9-15H2,1-8H3. The summed E-state index contributed by atoms with van der Waals surface area (Å²) in [6.07, 6.45) is 3.54. The maximum atomic E-state index is 12.3. The van der Waals surface area contributed by atoms with Gasteiger partial charge in [-0.05, 0) is 74.7 Å². The fraction of sp³-hybridized carbons (Fsp3) is 0.955. The van der Waals surface area contributed by atoms with Crippen molar-refractivity contribution in [3.05, 3.63) is 0 Å². The molecule has 2 aliphatic heterocycles. The topological polar surface area (TPSA) is 82.5 Å². The van der Waals surface area contributed by atoms with E-state index in [1.807, 2.05) is 55.4 Å². The van der Waals surface area contributed by atoms with E-state index in [2.05, 4.69) is 0 Å². The Hall–Kier alpha value is -0.730. The summed E-state index contributed by atoms with van der Waals surface area (Å²) in [5, 5.41) is 23.6. The maximum Gasteiger partial charge on any atom is 0.306 e. The van der Waals surface area contributed by atoms with E-state index in [0.29, 0.717) is 32.3 Å². The van der Waals surface area contributed by atoms with E-state index in [9.17, 15) is 15.2 Å². The monoisotopic (exact) mass is 414 g/mol. The van der Waals surface area contributed by atoms with Crippen molar-refractivity contribution < 1.29 is 24.7 Å². The zero-order chi connectivity index (χ0) is 22.3. The van der Waals surface area contributed by atoms with E-state index < -0.39 is 11.1 Å². The van der Waals surface area contributed by atoms with Gasteiger partial charge in [-0.2, -0.15) is 10.1 Å². The van der Waals surface area contributed by atoms with Crippen molar-refractivity contribution in [1.82, 2.24) is 10.1 Å². The maximum absolute atomic E-state index is 12.3. The lowest BCUT2D eigenvalue weighted by Gasteiger charge is -2.51. The van der Waals surface area contributed by atoms with Crippen molar-refractivity contribution in [2.45, 2.75) is 128 Å². The Labute approximate surface area is 176 Å². The van der Waals surface area contributed by atoms with E-state index >= 15 is 0 Å². The highest BCUT2D eigenvalue weighted by Gasteiger charge is 2.47. The van der Waals surface area contributed by atoms with Crippen LogP contribution in [-0.4, -0.2) is 67.5 Å². The van der Waals surface area contributed by atoms with Crippen LogP contribution in [0.5, 0.6) is 0 Å². The lowest BCUT2D eigenvalue weighted by Crippen LogP contribution is -2.60. The number of carbonyl (C=O) groups is 1. The van der Waals surface area contributed by atoms with Crippen molar-refractivity contribution in [1.29, 1.82) is 0 Å². The second-order valence-corrected chi connectivity index (χ2v) is 11.4. The number of hydrogen-bond donors (Lipinski definition) is 2. The van der Waals surface area contributed by atoms with Crippen LogP contribution >= 0.6 is 0 Å². The molecule has 2 aliphatic rings.